The Morgan fingerprint density at radius 3 is 2.02 bits per heavy atom. The number of aliphatic hydroxyl groups excluding tert-OH is 1. The van der Waals surface area contributed by atoms with Crippen molar-refractivity contribution in [1.29, 1.82) is 0 Å². The number of ketones is 1. The molecule has 0 radical (unpaired) electrons. The third-order valence-corrected chi connectivity index (χ3v) is 14.2. The fourth-order valence-corrected chi connectivity index (χ4v) is 10.9. The summed E-state index contributed by atoms with van der Waals surface area (Å²) in [6.45, 7) is 8.45. The molecule has 1 unspecified atom stereocenters. The number of hydrogen-bond donors (Lipinski definition) is 3. The molecule has 7 rings (SSSR count). The van der Waals surface area contributed by atoms with Gasteiger partial charge in [0.1, 0.15) is 23.9 Å². The van der Waals surface area contributed by atoms with Crippen molar-refractivity contribution < 1.29 is 67.4 Å². The Morgan fingerprint density at radius 2 is 1.46 bits per heavy atom. The van der Waals surface area contributed by atoms with E-state index in [1.807, 2.05) is 0 Å². The van der Waals surface area contributed by atoms with Crippen LogP contribution in [-0.2, 0) is 47.6 Å². The van der Waals surface area contributed by atoms with Gasteiger partial charge in [0.25, 0.3) is 5.91 Å². The van der Waals surface area contributed by atoms with Gasteiger partial charge in [-0.2, -0.15) is 0 Å². The lowest BCUT2D eigenvalue weighted by Gasteiger charge is -2.67. The zero-order valence-electron chi connectivity index (χ0n) is 37.3. The van der Waals surface area contributed by atoms with Crippen LogP contribution in [0.2, 0.25) is 0 Å². The molecular formula is C49H55NO14S. The lowest BCUT2D eigenvalue weighted by atomic mass is 9.44. The Bertz CT molecular complexity index is 2340. The molecule has 3 N–H and O–H groups in total. The van der Waals surface area contributed by atoms with E-state index < -0.39 is 113 Å². The molecule has 15 nitrogen and oxygen atoms in total. The van der Waals surface area contributed by atoms with E-state index in [9.17, 15) is 34.2 Å². The van der Waals surface area contributed by atoms with Crippen LogP contribution in [0.1, 0.15) is 86.7 Å². The van der Waals surface area contributed by atoms with E-state index >= 15 is 4.79 Å². The van der Waals surface area contributed by atoms with Crippen LogP contribution in [0.5, 0.6) is 0 Å². The fraction of sp³-hybridized carbons (Fsp3) is 0.469. The zero-order chi connectivity index (χ0) is 47.1. The largest absolute Gasteiger partial charge is 0.456 e. The number of aliphatic hydroxyl groups is 2. The molecule has 0 aromatic heterocycles. The molecule has 0 spiro atoms. The number of hydrogen-bond acceptors (Lipinski definition) is 15. The fourth-order valence-electron chi connectivity index (χ4n) is 10.6. The molecule has 3 aromatic rings. The van der Waals surface area contributed by atoms with Crippen LogP contribution in [-0.4, -0.2) is 112 Å². The summed E-state index contributed by atoms with van der Waals surface area (Å²) >= 11 is 1.34. The van der Waals surface area contributed by atoms with Gasteiger partial charge in [0.2, 0.25) is 0 Å². The molecule has 1 amide bonds. The molecule has 16 heteroatoms. The number of thioether (sulfide) groups is 1. The lowest BCUT2D eigenvalue weighted by Crippen LogP contribution is -2.82. The molecule has 11 atom stereocenters. The maximum absolute atomic E-state index is 15.9. The summed E-state index contributed by atoms with van der Waals surface area (Å²) in [7, 11) is 0. The number of benzene rings is 3. The first-order valence-corrected chi connectivity index (χ1v) is 22.8. The molecule has 1 saturated heterocycles. The first kappa shape index (κ1) is 47.6. The van der Waals surface area contributed by atoms with Crippen molar-refractivity contribution in [3.8, 4) is 0 Å². The SMILES string of the molecule is CSCO[C@H]1C[C@H]2OC[C@@]2(OC(C)=O)[C@H]2[C@H](OC(=O)c3ccccc3)[C@]3(O)C[C@H](OC(=O)[C@H](O)C(NC(=O)c4ccccc4)c4ccccc4)C(C)=C([C@@H](OC(C)=O)C(=O)[C@]12C)C3(C)C. The summed E-state index contributed by atoms with van der Waals surface area (Å²) in [5.74, 6) is -6.28. The van der Waals surface area contributed by atoms with Gasteiger partial charge in [0.15, 0.2) is 23.6 Å². The van der Waals surface area contributed by atoms with Crippen molar-refractivity contribution in [3.05, 3.63) is 119 Å². The molecule has 2 bridgehead atoms. The second-order valence-corrected chi connectivity index (χ2v) is 18.7. The summed E-state index contributed by atoms with van der Waals surface area (Å²) in [5.41, 5.74) is -6.48. The van der Waals surface area contributed by atoms with E-state index in [1.54, 1.807) is 113 Å². The minimum Gasteiger partial charge on any atom is -0.456 e. The minimum absolute atomic E-state index is 0.0418. The normalized spacial score (nSPS) is 30.9. The van der Waals surface area contributed by atoms with Gasteiger partial charge in [0.05, 0.1) is 41.6 Å². The summed E-state index contributed by atoms with van der Waals surface area (Å²) in [5, 5.41) is 28.5. The van der Waals surface area contributed by atoms with Crippen molar-refractivity contribution in [2.75, 3.05) is 18.8 Å². The standard InChI is InChI=1S/C49H55NO14S/c1-27-33(62-45(57)38(53)37(30-17-11-8-12-18-30)50-43(55)31-19-13-9-14-20-31)24-49(58)42(63-44(56)32-21-15-10-16-22-32)40-47(6,41(54)39(61-28(2)51)36(27)46(49,4)5)34(60-26-65-7)23-35-48(40,25-59-35)64-29(3)52/h8-22,33-35,37-40,42,53,58H,23-26H2,1-7H3,(H,50,55)/t33-,34-,35+,37?,38+,39+,40-,42-,47+,48-,49+/m0/s1. The van der Waals surface area contributed by atoms with E-state index in [1.165, 1.54) is 30.8 Å². The van der Waals surface area contributed by atoms with Gasteiger partial charge in [-0.25, -0.2) is 9.59 Å². The van der Waals surface area contributed by atoms with Crippen molar-refractivity contribution in [1.82, 2.24) is 5.32 Å². The zero-order valence-corrected chi connectivity index (χ0v) is 38.1. The highest BCUT2D eigenvalue weighted by molar-refractivity contribution is 7.98. The lowest BCUT2D eigenvalue weighted by molar-refractivity contribution is -0.347. The molecule has 4 aliphatic rings. The maximum Gasteiger partial charge on any atom is 0.338 e. The quantitative estimate of drug-likeness (QED) is 0.0884. The van der Waals surface area contributed by atoms with E-state index in [0.29, 0.717) is 5.56 Å². The molecule has 346 valence electrons. The number of ether oxygens (including phenoxy) is 6. The van der Waals surface area contributed by atoms with Gasteiger partial charge in [0, 0.05) is 37.7 Å². The monoisotopic (exact) mass is 913 g/mol. The second-order valence-electron chi connectivity index (χ2n) is 17.9. The van der Waals surface area contributed by atoms with E-state index in [4.69, 9.17) is 28.4 Å². The summed E-state index contributed by atoms with van der Waals surface area (Å²) in [6.07, 6.45) is -7.55. The highest BCUT2D eigenvalue weighted by Crippen LogP contribution is 2.65. The molecule has 2 saturated carbocycles. The van der Waals surface area contributed by atoms with Crippen molar-refractivity contribution in [2.45, 2.75) is 108 Å². The van der Waals surface area contributed by atoms with E-state index in [0.717, 1.165) is 6.92 Å². The van der Waals surface area contributed by atoms with Crippen molar-refractivity contribution in [3.63, 3.8) is 0 Å². The number of rotatable bonds is 13. The number of carbonyl (C=O) groups is 6. The Hall–Kier alpha value is -5.39. The highest BCUT2D eigenvalue weighted by Gasteiger charge is 2.78. The average molecular weight is 914 g/mol. The molecule has 3 aliphatic carbocycles. The third kappa shape index (κ3) is 8.39. The first-order valence-electron chi connectivity index (χ1n) is 21.4. The first-order chi connectivity index (χ1) is 30.8. The molecule has 65 heavy (non-hydrogen) atoms. The van der Waals surface area contributed by atoms with Crippen molar-refractivity contribution in [2.24, 2.45) is 16.7 Å². The van der Waals surface area contributed by atoms with Crippen LogP contribution in [0.4, 0.5) is 0 Å². The Balaban J connectivity index is 1.41. The van der Waals surface area contributed by atoms with E-state index in [-0.39, 0.29) is 41.2 Å². The molecule has 1 aliphatic heterocycles. The minimum atomic E-state index is -2.34. The second kappa shape index (κ2) is 18.5. The van der Waals surface area contributed by atoms with Crippen LogP contribution in [0.15, 0.2) is 102 Å². The van der Waals surface area contributed by atoms with Gasteiger partial charge >= 0.3 is 23.9 Å². The van der Waals surface area contributed by atoms with Crippen LogP contribution in [0, 0.1) is 16.7 Å². The van der Waals surface area contributed by atoms with Crippen LogP contribution < -0.4 is 5.32 Å². The number of fused-ring (bicyclic) bond motifs is 5. The van der Waals surface area contributed by atoms with Gasteiger partial charge in [-0.1, -0.05) is 80.6 Å². The van der Waals surface area contributed by atoms with Crippen LogP contribution >= 0.6 is 11.8 Å². The predicted molar refractivity (Wildman–Crippen MR) is 235 cm³/mol. The topological polar surface area (TPSA) is 210 Å². The molecule has 3 fully saturated rings. The number of nitrogens with one attached hydrogen (secondary N) is 1. The average Bonchev–Trinajstić information content (AvgIpc) is 3.27. The van der Waals surface area contributed by atoms with Gasteiger partial charge in [-0.05, 0) is 61.1 Å². The summed E-state index contributed by atoms with van der Waals surface area (Å²) in [6, 6.07) is 23.2. The van der Waals surface area contributed by atoms with Crippen LogP contribution in [0.3, 0.4) is 0 Å². The smallest absolute Gasteiger partial charge is 0.338 e. The highest BCUT2D eigenvalue weighted by atomic mass is 32.2. The number of Topliss-reactive ketones (excluding diaryl/α,β-unsaturated/α-hetero) is 1. The Morgan fingerprint density at radius 1 is 0.862 bits per heavy atom. The number of esters is 4. The number of amides is 1. The molecular weight excluding hydrogens is 859 g/mol. The van der Waals surface area contributed by atoms with Gasteiger partial charge in [-0.15, -0.1) is 11.8 Å². The van der Waals surface area contributed by atoms with Crippen molar-refractivity contribution >= 4 is 47.3 Å². The summed E-state index contributed by atoms with van der Waals surface area (Å²) < 4.78 is 37.5. The Kier molecular flexibility index (Phi) is 13.5. The molecule has 1 heterocycles. The predicted octanol–water partition coefficient (Wildman–Crippen LogP) is 5.08. The van der Waals surface area contributed by atoms with Gasteiger partial charge in [-0.3, -0.25) is 19.2 Å². The van der Waals surface area contributed by atoms with Gasteiger partial charge < -0.3 is 44.0 Å². The Labute approximate surface area is 381 Å². The van der Waals surface area contributed by atoms with Crippen LogP contribution in [0.25, 0.3) is 0 Å². The van der Waals surface area contributed by atoms with E-state index in [2.05, 4.69) is 5.32 Å². The maximum atomic E-state index is 15.9. The third-order valence-electron chi connectivity index (χ3n) is 13.8. The number of carbonyl (C=O) groups excluding carboxylic acids is 6. The summed E-state index contributed by atoms with van der Waals surface area (Å²) in [4.78, 5) is 84.7. The molecule has 3 aromatic carbocycles.